The van der Waals surface area contributed by atoms with Gasteiger partial charge in [-0.15, -0.1) is 12.4 Å². The molecule has 1 N–H and O–H groups in total. The van der Waals surface area contributed by atoms with Crippen LogP contribution in [0.25, 0.3) is 0 Å². The third-order valence-electron chi connectivity index (χ3n) is 2.58. The molecule has 0 aromatic heterocycles. The summed E-state index contributed by atoms with van der Waals surface area (Å²) in [5.41, 5.74) is 0.564. The Labute approximate surface area is 68.3 Å². The molecule has 10 heavy (non-hydrogen) atoms. The zero-order chi connectivity index (χ0) is 6.16. The summed E-state index contributed by atoms with van der Waals surface area (Å²) in [5, 5.41) is 3.55. The van der Waals surface area contributed by atoms with E-state index in [-0.39, 0.29) is 12.4 Å². The normalized spacial score (nSPS) is 27.2. The van der Waals surface area contributed by atoms with Crippen molar-refractivity contribution >= 4 is 12.4 Å². The van der Waals surface area contributed by atoms with E-state index in [1.54, 1.807) is 0 Å². The van der Waals surface area contributed by atoms with Crippen LogP contribution in [0.3, 0.4) is 0 Å². The van der Waals surface area contributed by atoms with Gasteiger partial charge in [-0.2, -0.15) is 0 Å². The molecule has 0 bridgehead atoms. The van der Waals surface area contributed by atoms with E-state index in [9.17, 15) is 0 Å². The summed E-state index contributed by atoms with van der Waals surface area (Å²) in [6.45, 7) is 1.10. The second-order valence-electron chi connectivity index (χ2n) is 3.19. The Hall–Kier alpha value is -0.0100. The van der Waals surface area contributed by atoms with Gasteiger partial charge in [-0.3, -0.25) is 0 Å². The number of hydrogen-bond donors (Lipinski definition) is 1. The summed E-state index contributed by atoms with van der Waals surface area (Å²) in [7, 11) is 0. The summed E-state index contributed by atoms with van der Waals surface area (Å²) in [6.07, 6.45) is 10.0. The van der Waals surface area contributed by atoms with Crippen molar-refractivity contribution in [3.05, 3.63) is 12.2 Å². The highest BCUT2D eigenvalue weighted by Gasteiger charge is 2.35. The van der Waals surface area contributed by atoms with Crippen LogP contribution < -0.4 is 5.32 Å². The third kappa shape index (κ3) is 1.21. The first-order valence-electron chi connectivity index (χ1n) is 3.81. The van der Waals surface area contributed by atoms with Crippen LogP contribution in [0.5, 0.6) is 0 Å². The number of rotatable bonds is 0. The molecule has 0 atom stereocenters. The van der Waals surface area contributed by atoms with Crippen LogP contribution in [-0.2, 0) is 0 Å². The van der Waals surface area contributed by atoms with Gasteiger partial charge < -0.3 is 5.32 Å². The Morgan fingerprint density at radius 3 is 2.30 bits per heavy atom. The first-order valence-corrected chi connectivity index (χ1v) is 3.81. The molecule has 0 aromatic rings. The molecule has 1 aliphatic heterocycles. The highest BCUT2D eigenvalue weighted by Crippen LogP contribution is 2.36. The average Bonchev–Trinajstić information content (AvgIpc) is 1.87. The maximum Gasteiger partial charge on any atom is 0.0218 e. The monoisotopic (exact) mass is 159 g/mol. The fourth-order valence-corrected chi connectivity index (χ4v) is 1.72. The van der Waals surface area contributed by atoms with E-state index in [4.69, 9.17) is 0 Å². The van der Waals surface area contributed by atoms with Crippen LogP contribution in [0.4, 0.5) is 0 Å². The third-order valence-corrected chi connectivity index (χ3v) is 2.58. The predicted octanol–water partition coefficient (Wildman–Crippen LogP) is 1.88. The van der Waals surface area contributed by atoms with Gasteiger partial charge in [0.1, 0.15) is 0 Å². The van der Waals surface area contributed by atoms with E-state index < -0.39 is 0 Å². The zero-order valence-electron chi connectivity index (χ0n) is 6.10. The lowest BCUT2D eigenvalue weighted by molar-refractivity contribution is 0.188. The fourth-order valence-electron chi connectivity index (χ4n) is 1.72. The van der Waals surface area contributed by atoms with Crippen LogP contribution in [0.2, 0.25) is 0 Å². The van der Waals surface area contributed by atoms with Crippen molar-refractivity contribution in [2.75, 3.05) is 6.54 Å². The predicted molar refractivity (Wildman–Crippen MR) is 45.6 cm³/mol. The quantitative estimate of drug-likeness (QED) is 0.533. The van der Waals surface area contributed by atoms with Crippen LogP contribution in [0.1, 0.15) is 25.7 Å². The standard InChI is InChI=1S/C8H13N.ClH/c1-2-7-9-8(4-1)5-3-6-8;/h1-2,9H,3-7H2;1H. The van der Waals surface area contributed by atoms with E-state index in [0.717, 1.165) is 6.54 Å². The topological polar surface area (TPSA) is 12.0 Å². The Balaban J connectivity index is 0.000000500. The summed E-state index contributed by atoms with van der Waals surface area (Å²) >= 11 is 0. The highest BCUT2D eigenvalue weighted by molar-refractivity contribution is 5.85. The molecule has 0 aromatic carbocycles. The lowest BCUT2D eigenvalue weighted by Gasteiger charge is -2.43. The second-order valence-corrected chi connectivity index (χ2v) is 3.19. The number of halogens is 1. The number of nitrogens with one attached hydrogen (secondary N) is 1. The van der Waals surface area contributed by atoms with E-state index in [1.807, 2.05) is 0 Å². The molecule has 1 heterocycles. The maximum absolute atomic E-state index is 3.55. The Morgan fingerprint density at radius 2 is 2.00 bits per heavy atom. The first kappa shape index (κ1) is 8.09. The van der Waals surface area contributed by atoms with Crippen molar-refractivity contribution in [3.8, 4) is 0 Å². The van der Waals surface area contributed by atoms with E-state index in [2.05, 4.69) is 17.5 Å². The van der Waals surface area contributed by atoms with Gasteiger partial charge in [-0.1, -0.05) is 12.2 Å². The van der Waals surface area contributed by atoms with Crippen molar-refractivity contribution in [3.63, 3.8) is 0 Å². The lowest BCUT2D eigenvalue weighted by atomic mass is 9.73. The molecule has 0 radical (unpaired) electrons. The van der Waals surface area contributed by atoms with Crippen LogP contribution >= 0.6 is 12.4 Å². The van der Waals surface area contributed by atoms with Gasteiger partial charge in [0.25, 0.3) is 0 Å². The molecule has 0 saturated heterocycles. The van der Waals surface area contributed by atoms with Gasteiger partial charge in [0.15, 0.2) is 0 Å². The van der Waals surface area contributed by atoms with Gasteiger partial charge in [0.2, 0.25) is 0 Å². The number of hydrogen-bond acceptors (Lipinski definition) is 1. The summed E-state index contributed by atoms with van der Waals surface area (Å²) < 4.78 is 0. The minimum absolute atomic E-state index is 0. The molecule has 2 rings (SSSR count). The van der Waals surface area contributed by atoms with Gasteiger partial charge >= 0.3 is 0 Å². The molecule has 2 heteroatoms. The SMILES string of the molecule is C1=CCC2(CCC2)NC1.Cl. The Kier molecular flexibility index (Phi) is 2.37. The van der Waals surface area contributed by atoms with Crippen molar-refractivity contribution in [1.82, 2.24) is 5.32 Å². The Morgan fingerprint density at radius 1 is 1.20 bits per heavy atom. The molecule has 2 aliphatic rings. The molecule has 0 unspecified atom stereocenters. The Bertz CT molecular complexity index is 138. The highest BCUT2D eigenvalue weighted by atomic mass is 35.5. The van der Waals surface area contributed by atoms with Crippen LogP contribution in [0, 0.1) is 0 Å². The van der Waals surface area contributed by atoms with Crippen molar-refractivity contribution < 1.29 is 0 Å². The van der Waals surface area contributed by atoms with E-state index >= 15 is 0 Å². The minimum Gasteiger partial charge on any atom is -0.307 e. The van der Waals surface area contributed by atoms with Gasteiger partial charge in [0.05, 0.1) is 0 Å². The lowest BCUT2D eigenvalue weighted by Crippen LogP contribution is -2.51. The summed E-state index contributed by atoms with van der Waals surface area (Å²) in [5.74, 6) is 0. The van der Waals surface area contributed by atoms with E-state index in [1.165, 1.54) is 25.7 Å². The summed E-state index contributed by atoms with van der Waals surface area (Å²) in [6, 6.07) is 0. The van der Waals surface area contributed by atoms with Gasteiger partial charge in [-0.05, 0) is 25.7 Å². The fraction of sp³-hybridized carbons (Fsp3) is 0.750. The van der Waals surface area contributed by atoms with Crippen molar-refractivity contribution in [1.29, 1.82) is 0 Å². The maximum atomic E-state index is 3.55. The molecule has 0 amide bonds. The molecular weight excluding hydrogens is 146 g/mol. The average molecular weight is 160 g/mol. The zero-order valence-corrected chi connectivity index (χ0v) is 6.91. The molecule has 1 aliphatic carbocycles. The van der Waals surface area contributed by atoms with Gasteiger partial charge in [-0.25, -0.2) is 0 Å². The minimum atomic E-state index is 0. The molecule has 58 valence electrons. The second kappa shape index (κ2) is 2.93. The largest absolute Gasteiger partial charge is 0.307 e. The van der Waals surface area contributed by atoms with Crippen molar-refractivity contribution in [2.45, 2.75) is 31.2 Å². The molecule has 1 nitrogen and oxygen atoms in total. The molecular formula is C8H14ClN. The molecule has 1 spiro atoms. The summed E-state index contributed by atoms with van der Waals surface area (Å²) in [4.78, 5) is 0. The van der Waals surface area contributed by atoms with Crippen molar-refractivity contribution in [2.24, 2.45) is 0 Å². The van der Waals surface area contributed by atoms with Gasteiger partial charge in [0, 0.05) is 12.1 Å². The molecule has 1 saturated carbocycles. The first-order chi connectivity index (χ1) is 4.41. The van der Waals surface area contributed by atoms with Crippen LogP contribution in [-0.4, -0.2) is 12.1 Å². The molecule has 1 fully saturated rings. The van der Waals surface area contributed by atoms with E-state index in [0.29, 0.717) is 5.54 Å². The smallest absolute Gasteiger partial charge is 0.0218 e. The van der Waals surface area contributed by atoms with Crippen LogP contribution in [0.15, 0.2) is 12.2 Å².